The van der Waals surface area contributed by atoms with Gasteiger partial charge < -0.3 is 5.32 Å². The van der Waals surface area contributed by atoms with Gasteiger partial charge in [-0.05, 0) is 25.1 Å². The van der Waals surface area contributed by atoms with Crippen molar-refractivity contribution in [1.29, 1.82) is 0 Å². The zero-order valence-electron chi connectivity index (χ0n) is 11.8. The predicted octanol–water partition coefficient (Wildman–Crippen LogP) is 3.75. The molecule has 1 atom stereocenters. The number of nitrogens with zero attached hydrogens (tertiary/aromatic N) is 2. The number of thioether (sulfide) groups is 1. The van der Waals surface area contributed by atoms with Crippen LogP contribution < -0.4 is 5.32 Å². The Hall–Kier alpha value is -2.16. The van der Waals surface area contributed by atoms with Crippen LogP contribution in [-0.4, -0.2) is 21.1 Å². The summed E-state index contributed by atoms with van der Waals surface area (Å²) in [4.78, 5) is 19.0. The maximum absolute atomic E-state index is 13.5. The predicted molar refractivity (Wildman–Crippen MR) is 77.4 cm³/mol. The molecule has 0 saturated heterocycles. The molecule has 9 heteroatoms. The van der Waals surface area contributed by atoms with E-state index >= 15 is 0 Å². The van der Waals surface area contributed by atoms with E-state index in [1.807, 2.05) is 0 Å². The normalized spacial score (nSPS) is 12.7. The van der Waals surface area contributed by atoms with Gasteiger partial charge in [0, 0.05) is 6.20 Å². The number of benzene rings is 1. The molecule has 1 N–H and O–H groups in total. The Balaban J connectivity index is 2.05. The summed E-state index contributed by atoms with van der Waals surface area (Å²) >= 11 is 0.750. The highest BCUT2D eigenvalue weighted by Crippen LogP contribution is 2.29. The average molecular weight is 345 g/mol. The van der Waals surface area contributed by atoms with E-state index in [4.69, 9.17) is 0 Å². The molecule has 0 radical (unpaired) electrons. The molecule has 0 fully saturated rings. The Morgan fingerprint density at radius 1 is 1.26 bits per heavy atom. The van der Waals surface area contributed by atoms with Crippen molar-refractivity contribution in [2.24, 2.45) is 0 Å². The van der Waals surface area contributed by atoms with Gasteiger partial charge in [-0.2, -0.15) is 13.2 Å². The summed E-state index contributed by atoms with van der Waals surface area (Å²) in [5.41, 5.74) is -1.09. The number of alkyl halides is 3. The summed E-state index contributed by atoms with van der Waals surface area (Å²) in [6, 6.07) is 6.33. The topological polar surface area (TPSA) is 54.9 Å². The van der Waals surface area contributed by atoms with Gasteiger partial charge in [-0.3, -0.25) is 4.79 Å². The molecule has 1 aromatic heterocycles. The number of hydrogen-bond acceptors (Lipinski definition) is 4. The number of rotatable bonds is 4. The average Bonchev–Trinajstić information content (AvgIpc) is 2.49. The Labute approximate surface area is 133 Å². The van der Waals surface area contributed by atoms with Gasteiger partial charge in [0.2, 0.25) is 5.91 Å². The molecule has 122 valence electrons. The van der Waals surface area contributed by atoms with E-state index in [0.29, 0.717) is 0 Å². The van der Waals surface area contributed by atoms with Crippen LogP contribution in [-0.2, 0) is 11.0 Å². The number of halogens is 4. The van der Waals surface area contributed by atoms with Crippen LogP contribution in [0, 0.1) is 5.82 Å². The fourth-order valence-electron chi connectivity index (χ4n) is 1.56. The number of nitrogens with one attached hydrogen (secondary N) is 1. The second-order valence-electron chi connectivity index (χ2n) is 4.45. The Morgan fingerprint density at radius 3 is 2.61 bits per heavy atom. The van der Waals surface area contributed by atoms with E-state index in [0.717, 1.165) is 24.0 Å². The molecule has 0 aliphatic rings. The molecule has 4 nitrogen and oxygen atoms in total. The number of carbonyl (C=O) groups excluding carboxylic acids is 1. The van der Waals surface area contributed by atoms with Gasteiger partial charge in [-0.25, -0.2) is 14.4 Å². The molecule has 1 aromatic carbocycles. The second kappa shape index (κ2) is 6.95. The van der Waals surface area contributed by atoms with E-state index in [2.05, 4.69) is 15.3 Å². The lowest BCUT2D eigenvalue weighted by atomic mass is 10.3. The molecular weight excluding hydrogens is 334 g/mol. The monoisotopic (exact) mass is 345 g/mol. The minimum absolute atomic E-state index is 0.00471. The fourth-order valence-corrected chi connectivity index (χ4v) is 2.32. The quantitative estimate of drug-likeness (QED) is 0.521. The van der Waals surface area contributed by atoms with Gasteiger partial charge in [-0.1, -0.05) is 23.9 Å². The minimum Gasteiger partial charge on any atom is -0.323 e. The third kappa shape index (κ3) is 4.65. The van der Waals surface area contributed by atoms with Crippen LogP contribution >= 0.6 is 11.8 Å². The maximum atomic E-state index is 13.5. The minimum atomic E-state index is -4.59. The highest BCUT2D eigenvalue weighted by atomic mass is 32.2. The summed E-state index contributed by atoms with van der Waals surface area (Å²) in [5.74, 6) is -1.17. The summed E-state index contributed by atoms with van der Waals surface area (Å²) in [5, 5.41) is 1.37. The van der Waals surface area contributed by atoms with Crippen molar-refractivity contribution < 1.29 is 22.4 Å². The SMILES string of the molecule is CC(Sc1nccc(C(F)(F)F)n1)C(=O)Nc1ccccc1F. The molecular formula is C14H11F4N3OS. The highest BCUT2D eigenvalue weighted by Gasteiger charge is 2.33. The number of carbonyl (C=O) groups is 1. The Morgan fingerprint density at radius 2 is 1.96 bits per heavy atom. The zero-order chi connectivity index (χ0) is 17.0. The maximum Gasteiger partial charge on any atom is 0.433 e. The molecule has 0 saturated carbocycles. The van der Waals surface area contributed by atoms with Crippen molar-refractivity contribution in [3.05, 3.63) is 48.0 Å². The van der Waals surface area contributed by atoms with Crippen molar-refractivity contribution in [2.45, 2.75) is 23.5 Å². The van der Waals surface area contributed by atoms with E-state index in [1.165, 1.54) is 25.1 Å². The first-order valence-electron chi connectivity index (χ1n) is 6.39. The van der Waals surface area contributed by atoms with Gasteiger partial charge in [0.1, 0.15) is 11.5 Å². The molecule has 0 spiro atoms. The lowest BCUT2D eigenvalue weighted by Gasteiger charge is -2.12. The van der Waals surface area contributed by atoms with Crippen molar-refractivity contribution in [2.75, 3.05) is 5.32 Å². The summed E-state index contributed by atoms with van der Waals surface area (Å²) in [6.45, 7) is 1.46. The van der Waals surface area contributed by atoms with E-state index in [9.17, 15) is 22.4 Å². The lowest BCUT2D eigenvalue weighted by molar-refractivity contribution is -0.141. The molecule has 0 aliphatic heterocycles. The number of anilines is 1. The number of para-hydroxylation sites is 1. The van der Waals surface area contributed by atoms with Crippen molar-refractivity contribution in [3.8, 4) is 0 Å². The summed E-state index contributed by atoms with van der Waals surface area (Å²) in [6.07, 6.45) is -3.61. The lowest BCUT2D eigenvalue weighted by Crippen LogP contribution is -2.23. The molecule has 1 heterocycles. The van der Waals surface area contributed by atoms with Crippen LogP contribution in [0.3, 0.4) is 0 Å². The molecule has 0 bridgehead atoms. The number of amides is 1. The van der Waals surface area contributed by atoms with Crippen LogP contribution in [0.2, 0.25) is 0 Å². The second-order valence-corrected chi connectivity index (χ2v) is 5.76. The van der Waals surface area contributed by atoms with Gasteiger partial charge in [0.25, 0.3) is 0 Å². The third-order valence-electron chi connectivity index (χ3n) is 2.71. The molecule has 23 heavy (non-hydrogen) atoms. The van der Waals surface area contributed by atoms with E-state index < -0.39 is 28.8 Å². The van der Waals surface area contributed by atoms with Crippen LogP contribution in [0.25, 0.3) is 0 Å². The molecule has 1 unspecified atom stereocenters. The third-order valence-corrected chi connectivity index (χ3v) is 3.68. The number of hydrogen-bond donors (Lipinski definition) is 1. The number of aromatic nitrogens is 2. The van der Waals surface area contributed by atoms with Gasteiger partial charge in [0.05, 0.1) is 10.9 Å². The first kappa shape index (κ1) is 17.2. The van der Waals surface area contributed by atoms with Crippen LogP contribution in [0.5, 0.6) is 0 Å². The summed E-state index contributed by atoms with van der Waals surface area (Å²) < 4.78 is 51.2. The van der Waals surface area contributed by atoms with E-state index in [-0.39, 0.29) is 10.8 Å². The van der Waals surface area contributed by atoms with Crippen molar-refractivity contribution in [1.82, 2.24) is 9.97 Å². The largest absolute Gasteiger partial charge is 0.433 e. The van der Waals surface area contributed by atoms with Gasteiger partial charge >= 0.3 is 6.18 Å². The Kier molecular flexibility index (Phi) is 5.19. The highest BCUT2D eigenvalue weighted by molar-refractivity contribution is 8.00. The smallest absolute Gasteiger partial charge is 0.323 e. The molecule has 0 aliphatic carbocycles. The standard InChI is InChI=1S/C14H11F4N3OS/c1-8(12(22)20-10-5-3-2-4-9(10)15)23-13-19-7-6-11(21-13)14(16,17)18/h2-8H,1H3,(H,20,22). The van der Waals surface area contributed by atoms with Gasteiger partial charge in [0.15, 0.2) is 5.16 Å². The van der Waals surface area contributed by atoms with Crippen LogP contribution in [0.15, 0.2) is 41.7 Å². The molecule has 2 rings (SSSR count). The van der Waals surface area contributed by atoms with E-state index in [1.54, 1.807) is 6.07 Å². The van der Waals surface area contributed by atoms with Crippen molar-refractivity contribution >= 4 is 23.4 Å². The van der Waals surface area contributed by atoms with Crippen LogP contribution in [0.4, 0.5) is 23.2 Å². The fraction of sp³-hybridized carbons (Fsp3) is 0.214. The van der Waals surface area contributed by atoms with Crippen molar-refractivity contribution in [3.63, 3.8) is 0 Å². The molecule has 2 aromatic rings. The van der Waals surface area contributed by atoms with Crippen LogP contribution in [0.1, 0.15) is 12.6 Å². The zero-order valence-corrected chi connectivity index (χ0v) is 12.6. The Bertz CT molecular complexity index is 708. The molecule has 1 amide bonds. The van der Waals surface area contributed by atoms with Gasteiger partial charge in [-0.15, -0.1) is 0 Å². The summed E-state index contributed by atoms with van der Waals surface area (Å²) in [7, 11) is 0. The first-order chi connectivity index (χ1) is 10.8. The first-order valence-corrected chi connectivity index (χ1v) is 7.27.